The Morgan fingerprint density at radius 1 is 1.26 bits per heavy atom. The zero-order valence-corrected chi connectivity index (χ0v) is 14.5. The van der Waals surface area contributed by atoms with Crippen LogP contribution in [-0.4, -0.2) is 17.1 Å². The van der Waals surface area contributed by atoms with E-state index in [0.717, 1.165) is 17.8 Å². The highest BCUT2D eigenvalue weighted by atomic mass is 35.5. The van der Waals surface area contributed by atoms with Crippen molar-refractivity contribution in [2.75, 3.05) is 6.54 Å². The van der Waals surface area contributed by atoms with Gasteiger partial charge in [0.05, 0.1) is 18.1 Å². The molecule has 0 saturated heterocycles. The van der Waals surface area contributed by atoms with Crippen LogP contribution >= 0.6 is 23.2 Å². The van der Waals surface area contributed by atoms with E-state index in [0.29, 0.717) is 29.2 Å². The summed E-state index contributed by atoms with van der Waals surface area (Å²) in [4.78, 5) is 4.45. The molecule has 1 aromatic carbocycles. The molecule has 0 fully saturated rings. The molecule has 0 aliphatic carbocycles. The fraction of sp³-hybridized carbons (Fsp3) is 0.312. The molecule has 0 aliphatic rings. The van der Waals surface area contributed by atoms with Gasteiger partial charge in [-0.05, 0) is 30.7 Å². The van der Waals surface area contributed by atoms with Crippen LogP contribution < -0.4 is 10.6 Å². The molecule has 1 aromatic heterocycles. The highest BCUT2D eigenvalue weighted by Gasteiger charge is 2.09. The van der Waals surface area contributed by atoms with E-state index in [2.05, 4.69) is 15.6 Å². The summed E-state index contributed by atoms with van der Waals surface area (Å²) in [7, 11) is 1.85. The number of guanidine groups is 1. The first kappa shape index (κ1) is 17.6. The third kappa shape index (κ3) is 4.88. The molecular weight excluding hydrogens is 338 g/mol. The average Bonchev–Trinajstić information content (AvgIpc) is 2.77. The Kier molecular flexibility index (Phi) is 6.30. The summed E-state index contributed by atoms with van der Waals surface area (Å²) in [5.74, 6) is 0.383. The number of benzene rings is 1. The molecule has 7 heteroatoms. The van der Waals surface area contributed by atoms with Gasteiger partial charge in [-0.3, -0.25) is 0 Å². The van der Waals surface area contributed by atoms with Gasteiger partial charge in [0.25, 0.3) is 0 Å². The van der Waals surface area contributed by atoms with Gasteiger partial charge in [-0.15, -0.1) is 0 Å². The van der Waals surface area contributed by atoms with Gasteiger partial charge in [0.2, 0.25) is 0 Å². The van der Waals surface area contributed by atoms with E-state index in [4.69, 9.17) is 23.2 Å². The first-order chi connectivity index (χ1) is 11.0. The van der Waals surface area contributed by atoms with Crippen LogP contribution in [0, 0.1) is 5.82 Å². The summed E-state index contributed by atoms with van der Waals surface area (Å²) in [5, 5.41) is 7.38. The van der Waals surface area contributed by atoms with Crippen LogP contribution in [0.25, 0.3) is 0 Å². The number of hydrogen-bond donors (Lipinski definition) is 2. The molecule has 0 unspecified atom stereocenters. The van der Waals surface area contributed by atoms with E-state index in [9.17, 15) is 4.39 Å². The van der Waals surface area contributed by atoms with E-state index < -0.39 is 0 Å². The highest BCUT2D eigenvalue weighted by Crippen LogP contribution is 2.24. The Bertz CT molecular complexity index is 697. The third-order valence-electron chi connectivity index (χ3n) is 3.31. The molecule has 2 aromatic rings. The largest absolute Gasteiger partial charge is 0.357 e. The van der Waals surface area contributed by atoms with E-state index in [1.165, 1.54) is 12.1 Å². The molecule has 124 valence electrons. The molecule has 1 heterocycles. The van der Waals surface area contributed by atoms with Crippen LogP contribution in [0.4, 0.5) is 4.39 Å². The van der Waals surface area contributed by atoms with Crippen LogP contribution in [0.3, 0.4) is 0 Å². The molecular formula is C16H19Cl2FN4. The second kappa shape index (κ2) is 8.22. The quantitative estimate of drug-likeness (QED) is 0.633. The van der Waals surface area contributed by atoms with Gasteiger partial charge in [0.15, 0.2) is 5.96 Å². The summed E-state index contributed by atoms with van der Waals surface area (Å²) in [5.41, 5.74) is 1.75. The molecule has 0 aliphatic heterocycles. The van der Waals surface area contributed by atoms with Crippen molar-refractivity contribution >= 4 is 29.2 Å². The summed E-state index contributed by atoms with van der Waals surface area (Å²) >= 11 is 12.1. The zero-order chi connectivity index (χ0) is 16.8. The first-order valence-electron chi connectivity index (χ1n) is 7.27. The number of aromatic nitrogens is 1. The van der Waals surface area contributed by atoms with E-state index >= 15 is 0 Å². The molecule has 2 rings (SSSR count). The Morgan fingerprint density at radius 2 is 2.04 bits per heavy atom. The third-order valence-corrected chi connectivity index (χ3v) is 4.15. The molecule has 0 atom stereocenters. The molecule has 0 spiro atoms. The van der Waals surface area contributed by atoms with Crippen molar-refractivity contribution < 1.29 is 4.39 Å². The molecule has 0 saturated carbocycles. The van der Waals surface area contributed by atoms with Crippen LogP contribution in [0.1, 0.15) is 18.2 Å². The average molecular weight is 357 g/mol. The first-order valence-corrected chi connectivity index (χ1v) is 8.03. The van der Waals surface area contributed by atoms with Gasteiger partial charge in [0, 0.05) is 19.3 Å². The maximum Gasteiger partial charge on any atom is 0.191 e. The Hall–Kier alpha value is -1.72. The van der Waals surface area contributed by atoms with E-state index in [1.807, 2.05) is 30.7 Å². The second-order valence-corrected chi connectivity index (χ2v) is 5.78. The van der Waals surface area contributed by atoms with Crippen LogP contribution in [-0.2, 0) is 20.1 Å². The number of hydrogen-bond acceptors (Lipinski definition) is 1. The van der Waals surface area contributed by atoms with Gasteiger partial charge in [-0.2, -0.15) is 0 Å². The molecule has 2 N–H and O–H groups in total. The zero-order valence-electron chi connectivity index (χ0n) is 13.0. The Labute approximate surface area is 145 Å². The Balaban J connectivity index is 2.03. The van der Waals surface area contributed by atoms with Gasteiger partial charge < -0.3 is 15.2 Å². The number of aliphatic imine (C=N–C) groups is 1. The molecule has 0 amide bonds. The van der Waals surface area contributed by atoms with Crippen molar-refractivity contribution in [3.8, 4) is 0 Å². The SMILES string of the molecule is CCNC(=NCc1cccc(F)c1)NCc1cc(Cl)c(Cl)n1C. The normalized spacial score (nSPS) is 11.6. The van der Waals surface area contributed by atoms with Crippen molar-refractivity contribution in [2.45, 2.75) is 20.0 Å². The van der Waals surface area contributed by atoms with Crippen molar-refractivity contribution in [2.24, 2.45) is 12.0 Å². The fourth-order valence-electron chi connectivity index (χ4n) is 2.08. The van der Waals surface area contributed by atoms with Crippen molar-refractivity contribution in [3.05, 3.63) is 57.6 Å². The lowest BCUT2D eigenvalue weighted by atomic mass is 10.2. The van der Waals surface area contributed by atoms with Gasteiger partial charge in [-0.1, -0.05) is 35.3 Å². The van der Waals surface area contributed by atoms with Crippen LogP contribution in [0.15, 0.2) is 35.3 Å². The second-order valence-electron chi connectivity index (χ2n) is 5.01. The minimum Gasteiger partial charge on any atom is -0.357 e. The summed E-state index contributed by atoms with van der Waals surface area (Å²) in [6.07, 6.45) is 0. The van der Waals surface area contributed by atoms with Crippen molar-refractivity contribution in [1.29, 1.82) is 0 Å². The van der Waals surface area contributed by atoms with Crippen molar-refractivity contribution in [1.82, 2.24) is 15.2 Å². The number of rotatable bonds is 5. The lowest BCUT2D eigenvalue weighted by Crippen LogP contribution is -2.37. The monoisotopic (exact) mass is 356 g/mol. The van der Waals surface area contributed by atoms with E-state index in [-0.39, 0.29) is 5.82 Å². The predicted octanol–water partition coefficient (Wildman–Crippen LogP) is 3.73. The molecule has 0 radical (unpaired) electrons. The minimum absolute atomic E-state index is 0.260. The summed E-state index contributed by atoms with van der Waals surface area (Å²) in [6.45, 7) is 3.62. The molecule has 4 nitrogen and oxygen atoms in total. The predicted molar refractivity (Wildman–Crippen MR) is 93.5 cm³/mol. The number of nitrogens with zero attached hydrogens (tertiary/aromatic N) is 2. The summed E-state index contributed by atoms with van der Waals surface area (Å²) < 4.78 is 15.0. The summed E-state index contributed by atoms with van der Waals surface area (Å²) in [6, 6.07) is 8.22. The lowest BCUT2D eigenvalue weighted by molar-refractivity contribution is 0.625. The topological polar surface area (TPSA) is 41.4 Å². The maximum atomic E-state index is 13.2. The number of halogens is 3. The van der Waals surface area contributed by atoms with Crippen LogP contribution in [0.2, 0.25) is 10.2 Å². The number of nitrogens with one attached hydrogen (secondary N) is 2. The smallest absolute Gasteiger partial charge is 0.191 e. The van der Waals surface area contributed by atoms with E-state index in [1.54, 1.807) is 6.07 Å². The van der Waals surface area contributed by atoms with Gasteiger partial charge in [0.1, 0.15) is 11.0 Å². The molecule has 0 bridgehead atoms. The van der Waals surface area contributed by atoms with Crippen molar-refractivity contribution in [3.63, 3.8) is 0 Å². The minimum atomic E-state index is -0.260. The standard InChI is InChI=1S/C16H19Cl2FN4/c1-3-20-16(21-9-11-5-4-6-12(19)7-11)22-10-13-8-14(17)15(18)23(13)2/h4-8H,3,9-10H2,1-2H3,(H2,20,21,22). The molecule has 23 heavy (non-hydrogen) atoms. The Morgan fingerprint density at radius 3 is 2.65 bits per heavy atom. The van der Waals surface area contributed by atoms with Gasteiger partial charge in [-0.25, -0.2) is 9.38 Å². The van der Waals surface area contributed by atoms with Gasteiger partial charge >= 0.3 is 0 Å². The maximum absolute atomic E-state index is 13.2. The fourth-order valence-corrected chi connectivity index (χ4v) is 2.50. The lowest BCUT2D eigenvalue weighted by Gasteiger charge is -2.12. The van der Waals surface area contributed by atoms with Crippen LogP contribution in [0.5, 0.6) is 0 Å². The highest BCUT2D eigenvalue weighted by molar-refractivity contribution is 6.41.